The number of unbranched alkanes of at least 4 members (excludes halogenated alkanes) is 5. The second kappa shape index (κ2) is 9.76. The Morgan fingerprint density at radius 3 is 2.39 bits per heavy atom. The van der Waals surface area contributed by atoms with Crippen molar-refractivity contribution in [2.45, 2.75) is 52.4 Å². The highest BCUT2D eigenvalue weighted by Crippen LogP contribution is 2.09. The van der Waals surface area contributed by atoms with Crippen molar-refractivity contribution in [3.63, 3.8) is 0 Å². The Hall–Kier alpha value is -1.24. The van der Waals surface area contributed by atoms with Crippen LogP contribution in [0.1, 0.15) is 57.9 Å². The lowest BCUT2D eigenvalue weighted by atomic mass is 10.1. The molecule has 0 atom stereocenters. The fraction of sp³-hybridized carbons (Fsp3) is 0.529. The van der Waals surface area contributed by atoms with E-state index in [1.807, 2.05) is 25.1 Å². The summed E-state index contributed by atoms with van der Waals surface area (Å²) in [5.74, 6) is 1.01. The zero-order valence-electron chi connectivity index (χ0n) is 11.8. The van der Waals surface area contributed by atoms with Gasteiger partial charge in [0.25, 0.3) is 0 Å². The summed E-state index contributed by atoms with van der Waals surface area (Å²) in [6.45, 7) is 5.13. The predicted molar refractivity (Wildman–Crippen MR) is 79.4 cm³/mol. The fourth-order valence-electron chi connectivity index (χ4n) is 1.94. The van der Waals surface area contributed by atoms with E-state index in [0.717, 1.165) is 12.4 Å². The van der Waals surface area contributed by atoms with Crippen molar-refractivity contribution in [3.05, 3.63) is 41.7 Å². The third-order valence-corrected chi connectivity index (χ3v) is 3.00. The molecule has 0 radical (unpaired) electrons. The van der Waals surface area contributed by atoms with Gasteiger partial charge in [-0.25, -0.2) is 0 Å². The molecule has 18 heavy (non-hydrogen) atoms. The van der Waals surface area contributed by atoms with Crippen molar-refractivity contribution in [2.75, 3.05) is 6.61 Å². The lowest BCUT2D eigenvalue weighted by Gasteiger charge is -2.06. The number of ether oxygens (including phenoxy) is 1. The van der Waals surface area contributed by atoms with E-state index in [1.54, 1.807) is 0 Å². The molecule has 1 rings (SSSR count). The first-order valence-electron chi connectivity index (χ1n) is 7.19. The molecule has 0 aliphatic heterocycles. The van der Waals surface area contributed by atoms with Crippen LogP contribution in [0.5, 0.6) is 0 Å². The van der Waals surface area contributed by atoms with Crippen molar-refractivity contribution in [2.24, 2.45) is 0 Å². The number of hydrogen-bond donors (Lipinski definition) is 0. The number of hydrogen-bond acceptors (Lipinski definition) is 1. The smallest absolute Gasteiger partial charge is 0.0934 e. The van der Waals surface area contributed by atoms with Crippen LogP contribution in [-0.2, 0) is 4.74 Å². The van der Waals surface area contributed by atoms with Crippen LogP contribution in [0.2, 0.25) is 0 Å². The predicted octanol–water partition coefficient (Wildman–Crippen LogP) is 5.42. The first kappa shape index (κ1) is 14.8. The summed E-state index contributed by atoms with van der Waals surface area (Å²) >= 11 is 0. The van der Waals surface area contributed by atoms with Crippen LogP contribution < -0.4 is 0 Å². The third-order valence-electron chi connectivity index (χ3n) is 3.00. The van der Waals surface area contributed by atoms with Gasteiger partial charge in [-0.15, -0.1) is 0 Å². The van der Waals surface area contributed by atoms with Crippen LogP contribution in [0.3, 0.4) is 0 Å². The molecule has 0 heterocycles. The molecule has 0 unspecified atom stereocenters. The molecule has 0 aromatic heterocycles. The molecule has 0 fully saturated rings. The van der Waals surface area contributed by atoms with Gasteiger partial charge in [-0.3, -0.25) is 0 Å². The second-order valence-corrected chi connectivity index (χ2v) is 4.78. The molecule has 100 valence electrons. The first-order valence-corrected chi connectivity index (χ1v) is 7.19. The highest BCUT2D eigenvalue weighted by molar-refractivity contribution is 5.50. The number of rotatable bonds is 9. The molecule has 1 nitrogen and oxygen atoms in total. The minimum Gasteiger partial charge on any atom is -0.498 e. The van der Waals surface area contributed by atoms with Crippen molar-refractivity contribution in [1.82, 2.24) is 0 Å². The van der Waals surface area contributed by atoms with E-state index in [2.05, 4.69) is 25.1 Å². The third kappa shape index (κ3) is 7.16. The highest BCUT2D eigenvalue weighted by Gasteiger charge is 1.93. The maximum atomic E-state index is 5.71. The van der Waals surface area contributed by atoms with Crippen molar-refractivity contribution in [3.8, 4) is 0 Å². The summed E-state index contributed by atoms with van der Waals surface area (Å²) < 4.78 is 5.71. The Bertz CT molecular complexity index is 327. The largest absolute Gasteiger partial charge is 0.498 e. The Balaban J connectivity index is 2.10. The van der Waals surface area contributed by atoms with Crippen LogP contribution in [0.4, 0.5) is 0 Å². The van der Waals surface area contributed by atoms with E-state index >= 15 is 0 Å². The molecular weight excluding hydrogens is 220 g/mol. The van der Waals surface area contributed by atoms with E-state index in [4.69, 9.17) is 4.74 Å². The Labute approximate surface area is 112 Å². The molecule has 0 amide bonds. The summed E-state index contributed by atoms with van der Waals surface area (Å²) in [5.41, 5.74) is 1.21. The molecular formula is C17H26O. The lowest BCUT2D eigenvalue weighted by molar-refractivity contribution is 0.210. The van der Waals surface area contributed by atoms with Gasteiger partial charge in [-0.05, 0) is 25.0 Å². The molecule has 0 saturated heterocycles. The normalized spacial score (nSPS) is 11.6. The summed E-state index contributed by atoms with van der Waals surface area (Å²) in [6.07, 6.45) is 9.95. The molecule has 0 aliphatic carbocycles. The standard InChI is InChI=1S/C17H26O/c1-3-4-5-6-7-11-14-18-16(2)15-17-12-9-8-10-13-17/h8-10,12-13,15H,3-7,11,14H2,1-2H3. The van der Waals surface area contributed by atoms with Gasteiger partial charge in [-0.2, -0.15) is 0 Å². The summed E-state index contributed by atoms with van der Waals surface area (Å²) in [5, 5.41) is 0. The van der Waals surface area contributed by atoms with E-state index in [9.17, 15) is 0 Å². The molecule has 0 bridgehead atoms. The quantitative estimate of drug-likeness (QED) is 0.417. The van der Waals surface area contributed by atoms with Crippen LogP contribution in [0, 0.1) is 0 Å². The SMILES string of the molecule is CCCCCCCCOC(C)=Cc1ccccc1. The second-order valence-electron chi connectivity index (χ2n) is 4.78. The lowest BCUT2D eigenvalue weighted by Crippen LogP contribution is -1.92. The van der Waals surface area contributed by atoms with Crippen LogP contribution >= 0.6 is 0 Å². The maximum Gasteiger partial charge on any atom is 0.0934 e. The van der Waals surface area contributed by atoms with Gasteiger partial charge < -0.3 is 4.74 Å². The van der Waals surface area contributed by atoms with Crippen LogP contribution in [0.25, 0.3) is 6.08 Å². The highest BCUT2D eigenvalue weighted by atomic mass is 16.5. The van der Waals surface area contributed by atoms with E-state index < -0.39 is 0 Å². The summed E-state index contributed by atoms with van der Waals surface area (Å²) in [4.78, 5) is 0. The van der Waals surface area contributed by atoms with Gasteiger partial charge in [0.15, 0.2) is 0 Å². The summed E-state index contributed by atoms with van der Waals surface area (Å²) in [6, 6.07) is 10.3. The van der Waals surface area contributed by atoms with Gasteiger partial charge in [0.05, 0.1) is 12.4 Å². The topological polar surface area (TPSA) is 9.23 Å². The van der Waals surface area contributed by atoms with Gasteiger partial charge in [0.1, 0.15) is 0 Å². The molecule has 1 heteroatoms. The monoisotopic (exact) mass is 246 g/mol. The van der Waals surface area contributed by atoms with E-state index in [-0.39, 0.29) is 0 Å². The average molecular weight is 246 g/mol. The summed E-state index contributed by atoms with van der Waals surface area (Å²) in [7, 11) is 0. The minimum atomic E-state index is 0.849. The van der Waals surface area contributed by atoms with Crippen LogP contribution in [0.15, 0.2) is 36.1 Å². The van der Waals surface area contributed by atoms with Gasteiger partial charge in [-0.1, -0.05) is 69.4 Å². The first-order chi connectivity index (χ1) is 8.83. The number of allylic oxidation sites excluding steroid dienone is 1. The molecule has 1 aromatic rings. The molecule has 1 aromatic carbocycles. The Morgan fingerprint density at radius 2 is 1.67 bits per heavy atom. The zero-order valence-corrected chi connectivity index (χ0v) is 11.8. The Kier molecular flexibility index (Phi) is 8.03. The fourth-order valence-corrected chi connectivity index (χ4v) is 1.94. The van der Waals surface area contributed by atoms with Gasteiger partial charge in [0, 0.05) is 0 Å². The maximum absolute atomic E-state index is 5.71. The number of benzene rings is 1. The van der Waals surface area contributed by atoms with E-state index in [0.29, 0.717) is 0 Å². The Morgan fingerprint density at radius 1 is 1.00 bits per heavy atom. The molecule has 0 N–H and O–H groups in total. The minimum absolute atomic E-state index is 0.849. The average Bonchev–Trinajstić information content (AvgIpc) is 2.39. The zero-order chi connectivity index (χ0) is 13.1. The molecule has 0 spiro atoms. The van der Waals surface area contributed by atoms with Crippen LogP contribution in [-0.4, -0.2) is 6.61 Å². The van der Waals surface area contributed by atoms with Crippen molar-refractivity contribution < 1.29 is 4.74 Å². The van der Waals surface area contributed by atoms with Crippen molar-refractivity contribution >= 4 is 6.08 Å². The van der Waals surface area contributed by atoms with Gasteiger partial charge >= 0.3 is 0 Å². The van der Waals surface area contributed by atoms with Gasteiger partial charge in [0.2, 0.25) is 0 Å². The molecule has 0 aliphatic rings. The van der Waals surface area contributed by atoms with Crippen molar-refractivity contribution in [1.29, 1.82) is 0 Å². The van der Waals surface area contributed by atoms with E-state index in [1.165, 1.54) is 44.1 Å². The molecule has 0 saturated carbocycles.